The van der Waals surface area contributed by atoms with Crippen LogP contribution in [0, 0.1) is 6.92 Å². The molecule has 3 aromatic rings. The zero-order valence-corrected chi connectivity index (χ0v) is 14.4. The molecular weight excluding hydrogens is 304 g/mol. The van der Waals surface area contributed by atoms with E-state index in [0.717, 1.165) is 31.8 Å². The van der Waals surface area contributed by atoms with Crippen LogP contribution in [0.4, 0.5) is 5.69 Å². The third kappa shape index (κ3) is 3.22. The Kier molecular flexibility index (Phi) is 4.35. The molecule has 0 saturated heterocycles. The first-order chi connectivity index (χ1) is 11.1. The highest BCUT2D eigenvalue weighted by Crippen LogP contribution is 2.30. The van der Waals surface area contributed by atoms with Crippen molar-refractivity contribution in [1.82, 2.24) is 5.32 Å². The van der Waals surface area contributed by atoms with Crippen molar-refractivity contribution in [3.63, 3.8) is 0 Å². The van der Waals surface area contributed by atoms with Crippen molar-refractivity contribution in [1.29, 1.82) is 0 Å². The van der Waals surface area contributed by atoms with Gasteiger partial charge in [0.1, 0.15) is 0 Å². The number of hydrogen-bond donors (Lipinski definition) is 1. The predicted octanol–water partition coefficient (Wildman–Crippen LogP) is 4.21. The molecule has 0 aliphatic carbocycles. The maximum atomic E-state index is 12.5. The van der Waals surface area contributed by atoms with Crippen molar-refractivity contribution < 1.29 is 4.79 Å². The van der Waals surface area contributed by atoms with Crippen molar-refractivity contribution >= 4 is 33.0 Å². The third-order valence-electron chi connectivity index (χ3n) is 3.96. The highest BCUT2D eigenvalue weighted by molar-refractivity contribution is 7.21. The lowest BCUT2D eigenvalue weighted by Crippen LogP contribution is -2.22. The number of fused-ring (bicyclic) bond motifs is 1. The fourth-order valence-electron chi connectivity index (χ4n) is 2.57. The molecule has 1 N–H and O–H groups in total. The van der Waals surface area contributed by atoms with Gasteiger partial charge in [0.2, 0.25) is 0 Å². The zero-order chi connectivity index (χ0) is 16.4. The number of anilines is 1. The van der Waals surface area contributed by atoms with E-state index in [1.165, 1.54) is 0 Å². The van der Waals surface area contributed by atoms with Gasteiger partial charge < -0.3 is 10.2 Å². The van der Waals surface area contributed by atoms with E-state index in [9.17, 15) is 4.79 Å². The first-order valence-electron chi connectivity index (χ1n) is 7.59. The van der Waals surface area contributed by atoms with E-state index in [4.69, 9.17) is 0 Å². The Morgan fingerprint density at radius 1 is 1.09 bits per heavy atom. The Labute approximate surface area is 140 Å². The Morgan fingerprint density at radius 3 is 2.43 bits per heavy atom. The second-order valence-corrected chi connectivity index (χ2v) is 6.85. The molecule has 0 spiro atoms. The highest BCUT2D eigenvalue weighted by atomic mass is 32.1. The van der Waals surface area contributed by atoms with Crippen LogP contribution in [0.3, 0.4) is 0 Å². The number of nitrogens with zero attached hydrogens (tertiary/aromatic N) is 1. The molecule has 0 unspecified atom stereocenters. The number of rotatable bonds is 4. The van der Waals surface area contributed by atoms with Gasteiger partial charge in [0.25, 0.3) is 5.91 Å². The number of amides is 1. The molecule has 0 atom stereocenters. The Balaban J connectivity index is 1.72. The molecule has 1 amide bonds. The third-order valence-corrected chi connectivity index (χ3v) is 5.23. The summed E-state index contributed by atoms with van der Waals surface area (Å²) >= 11 is 1.55. The number of thiophene rings is 1. The summed E-state index contributed by atoms with van der Waals surface area (Å²) in [7, 11) is 4.03. The molecule has 0 bridgehead atoms. The molecule has 4 heteroatoms. The smallest absolute Gasteiger partial charge is 0.261 e. The molecule has 0 aliphatic heterocycles. The van der Waals surface area contributed by atoms with Gasteiger partial charge in [-0.3, -0.25) is 4.79 Å². The largest absolute Gasteiger partial charge is 0.378 e. The average molecular weight is 324 g/mol. The van der Waals surface area contributed by atoms with Crippen LogP contribution in [0.5, 0.6) is 0 Å². The summed E-state index contributed by atoms with van der Waals surface area (Å²) < 4.78 is 1.16. The van der Waals surface area contributed by atoms with Crippen molar-refractivity contribution in [3.8, 4) is 0 Å². The summed E-state index contributed by atoms with van der Waals surface area (Å²) in [6.07, 6.45) is 0. The Bertz CT molecular complexity index is 834. The molecule has 1 aromatic heterocycles. The summed E-state index contributed by atoms with van der Waals surface area (Å²) in [5.74, 6) is 0.000358. The maximum Gasteiger partial charge on any atom is 0.261 e. The normalized spacial score (nSPS) is 10.7. The summed E-state index contributed by atoms with van der Waals surface area (Å²) in [6.45, 7) is 2.56. The second-order valence-electron chi connectivity index (χ2n) is 5.80. The Hall–Kier alpha value is -2.33. The van der Waals surface area contributed by atoms with Crippen molar-refractivity contribution in [2.24, 2.45) is 0 Å². The lowest BCUT2D eigenvalue weighted by Gasteiger charge is -2.12. The van der Waals surface area contributed by atoms with Crippen molar-refractivity contribution in [2.45, 2.75) is 13.5 Å². The quantitative estimate of drug-likeness (QED) is 0.780. The van der Waals surface area contributed by atoms with E-state index in [2.05, 4.69) is 34.5 Å². The molecule has 2 aromatic carbocycles. The van der Waals surface area contributed by atoms with Gasteiger partial charge in [-0.1, -0.05) is 30.3 Å². The Morgan fingerprint density at radius 2 is 1.78 bits per heavy atom. The standard InChI is InChI=1S/C19H20N2OS/c1-13-16-6-4-5-7-17(16)23-18(13)19(22)20-12-14-8-10-15(11-9-14)21(2)3/h4-11H,12H2,1-3H3,(H,20,22). The molecule has 1 heterocycles. The van der Waals surface area contributed by atoms with E-state index in [1.54, 1.807) is 11.3 Å². The van der Waals surface area contributed by atoms with Gasteiger partial charge >= 0.3 is 0 Å². The fourth-order valence-corrected chi connectivity index (χ4v) is 3.69. The van der Waals surface area contributed by atoms with Crippen LogP contribution >= 0.6 is 11.3 Å². The minimum Gasteiger partial charge on any atom is -0.378 e. The second kappa shape index (κ2) is 6.42. The minimum absolute atomic E-state index is 0.000358. The number of hydrogen-bond acceptors (Lipinski definition) is 3. The SMILES string of the molecule is Cc1c(C(=O)NCc2ccc(N(C)C)cc2)sc2ccccc12. The maximum absolute atomic E-state index is 12.5. The molecule has 0 fully saturated rings. The summed E-state index contributed by atoms with van der Waals surface area (Å²) in [5, 5.41) is 4.19. The fraction of sp³-hybridized carbons (Fsp3) is 0.211. The van der Waals surface area contributed by atoms with Crippen LogP contribution in [0.15, 0.2) is 48.5 Å². The van der Waals surface area contributed by atoms with Gasteiger partial charge in [0.05, 0.1) is 4.88 Å². The van der Waals surface area contributed by atoms with Gasteiger partial charge in [-0.05, 0) is 41.6 Å². The first kappa shape index (κ1) is 15.6. The molecule has 3 nitrogen and oxygen atoms in total. The van der Waals surface area contributed by atoms with Crippen LogP contribution in [-0.2, 0) is 6.54 Å². The topological polar surface area (TPSA) is 32.3 Å². The van der Waals surface area contributed by atoms with Gasteiger partial charge in [0.15, 0.2) is 0 Å². The molecule has 3 rings (SSSR count). The summed E-state index contributed by atoms with van der Waals surface area (Å²) in [4.78, 5) is 15.3. The lowest BCUT2D eigenvalue weighted by molar-refractivity contribution is 0.0954. The summed E-state index contributed by atoms with van der Waals surface area (Å²) in [5.41, 5.74) is 3.31. The number of nitrogens with one attached hydrogen (secondary N) is 1. The molecule has 0 saturated carbocycles. The van der Waals surface area contributed by atoms with Crippen LogP contribution in [0.25, 0.3) is 10.1 Å². The van der Waals surface area contributed by atoms with Crippen LogP contribution in [0.2, 0.25) is 0 Å². The highest BCUT2D eigenvalue weighted by Gasteiger charge is 2.14. The number of carbonyl (C=O) groups excluding carboxylic acids is 1. The zero-order valence-electron chi connectivity index (χ0n) is 13.6. The summed E-state index contributed by atoms with van der Waals surface area (Å²) in [6, 6.07) is 16.4. The van der Waals surface area contributed by atoms with Gasteiger partial charge in [-0.2, -0.15) is 0 Å². The van der Waals surface area contributed by atoms with Crippen molar-refractivity contribution in [3.05, 3.63) is 64.5 Å². The molecular formula is C19H20N2OS. The lowest BCUT2D eigenvalue weighted by atomic mass is 10.1. The number of carbonyl (C=O) groups is 1. The molecule has 0 radical (unpaired) electrons. The molecule has 118 valence electrons. The van der Waals surface area contributed by atoms with E-state index in [0.29, 0.717) is 6.54 Å². The van der Waals surface area contributed by atoms with Crippen molar-refractivity contribution in [2.75, 3.05) is 19.0 Å². The number of aryl methyl sites for hydroxylation is 1. The molecule has 0 aliphatic rings. The number of benzene rings is 2. The predicted molar refractivity (Wildman–Crippen MR) is 98.5 cm³/mol. The molecule has 23 heavy (non-hydrogen) atoms. The van der Waals surface area contributed by atoms with Crippen LogP contribution in [0.1, 0.15) is 20.8 Å². The van der Waals surface area contributed by atoms with Crippen LogP contribution in [-0.4, -0.2) is 20.0 Å². The van der Waals surface area contributed by atoms with E-state index < -0.39 is 0 Å². The minimum atomic E-state index is 0.000358. The van der Waals surface area contributed by atoms with Gasteiger partial charge in [-0.25, -0.2) is 0 Å². The average Bonchev–Trinajstić information content (AvgIpc) is 2.90. The van der Waals surface area contributed by atoms with Gasteiger partial charge in [-0.15, -0.1) is 11.3 Å². The van der Waals surface area contributed by atoms with E-state index in [-0.39, 0.29) is 5.91 Å². The van der Waals surface area contributed by atoms with E-state index >= 15 is 0 Å². The van der Waals surface area contributed by atoms with E-state index in [1.807, 2.05) is 45.3 Å². The monoisotopic (exact) mass is 324 g/mol. The van der Waals surface area contributed by atoms with Crippen LogP contribution < -0.4 is 10.2 Å². The van der Waals surface area contributed by atoms with Gasteiger partial charge in [0, 0.05) is 31.0 Å². The first-order valence-corrected chi connectivity index (χ1v) is 8.40.